The molecule has 0 heterocycles. The third-order valence-corrected chi connectivity index (χ3v) is 3.26. The Kier molecular flexibility index (Phi) is 4.95. The van der Waals surface area contributed by atoms with Crippen LogP contribution in [0.5, 0.6) is 5.75 Å². The van der Waals surface area contributed by atoms with Gasteiger partial charge in [0.1, 0.15) is 5.75 Å². The molecule has 2 aromatic rings. The number of carbonyl (C=O) groups is 1. The molecule has 0 spiro atoms. The predicted octanol–water partition coefficient (Wildman–Crippen LogP) is 3.51. The van der Waals surface area contributed by atoms with Gasteiger partial charge in [0.25, 0.3) is 0 Å². The number of nitrogens with one attached hydrogen (secondary N) is 2. The molecule has 3 N–H and O–H groups in total. The lowest BCUT2D eigenvalue weighted by molar-refractivity contribution is 0.0697. The average molecular weight is 316 g/mol. The predicted molar refractivity (Wildman–Crippen MR) is 91.0 cm³/mol. The fraction of sp³-hybridized carbons (Fsp3) is 0.125. The molecule has 5 nitrogen and oxygen atoms in total. The number of ether oxygens (including phenoxy) is 1. The Morgan fingerprint density at radius 3 is 2.64 bits per heavy atom. The lowest BCUT2D eigenvalue weighted by Crippen LogP contribution is -2.20. The SMILES string of the molecule is COc1cccc(NC(=S)Nc2cc(C(=O)O)ccc2C)c1. The molecule has 0 saturated heterocycles. The van der Waals surface area contributed by atoms with Crippen molar-refractivity contribution in [2.75, 3.05) is 17.7 Å². The number of hydrogen-bond acceptors (Lipinski definition) is 3. The van der Waals surface area contributed by atoms with Gasteiger partial charge in [-0.2, -0.15) is 0 Å². The molecule has 114 valence electrons. The number of rotatable bonds is 4. The molecule has 0 bridgehead atoms. The molecule has 0 saturated carbocycles. The van der Waals surface area contributed by atoms with Gasteiger partial charge in [-0.1, -0.05) is 12.1 Å². The van der Waals surface area contributed by atoms with Crippen molar-refractivity contribution in [3.63, 3.8) is 0 Å². The van der Waals surface area contributed by atoms with Crippen molar-refractivity contribution >= 4 is 34.7 Å². The molecule has 0 aliphatic heterocycles. The summed E-state index contributed by atoms with van der Waals surface area (Å²) >= 11 is 5.26. The Morgan fingerprint density at radius 2 is 1.95 bits per heavy atom. The minimum absolute atomic E-state index is 0.206. The van der Waals surface area contributed by atoms with E-state index in [1.165, 1.54) is 0 Å². The number of benzene rings is 2. The van der Waals surface area contributed by atoms with Crippen LogP contribution in [0.15, 0.2) is 42.5 Å². The first-order valence-electron chi connectivity index (χ1n) is 6.55. The minimum Gasteiger partial charge on any atom is -0.497 e. The molecule has 6 heteroatoms. The summed E-state index contributed by atoms with van der Waals surface area (Å²) in [7, 11) is 1.59. The Morgan fingerprint density at radius 1 is 1.18 bits per heavy atom. The molecule has 2 rings (SSSR count). The Hall–Kier alpha value is -2.60. The van der Waals surface area contributed by atoms with Gasteiger partial charge in [0, 0.05) is 17.4 Å². The molecule has 0 atom stereocenters. The van der Waals surface area contributed by atoms with Crippen LogP contribution < -0.4 is 15.4 Å². The number of carboxylic acid groups (broad SMARTS) is 1. The molecule has 22 heavy (non-hydrogen) atoms. The largest absolute Gasteiger partial charge is 0.497 e. The van der Waals surface area contributed by atoms with E-state index in [0.717, 1.165) is 17.0 Å². The summed E-state index contributed by atoms with van der Waals surface area (Å²) in [6, 6.07) is 12.2. The Balaban J connectivity index is 2.11. The van der Waals surface area contributed by atoms with E-state index >= 15 is 0 Å². The van der Waals surface area contributed by atoms with Gasteiger partial charge in [-0.15, -0.1) is 0 Å². The Labute approximate surface area is 133 Å². The van der Waals surface area contributed by atoms with Crippen LogP contribution in [0.2, 0.25) is 0 Å². The fourth-order valence-corrected chi connectivity index (χ4v) is 2.10. The number of aromatic carboxylic acids is 1. The lowest BCUT2D eigenvalue weighted by atomic mass is 10.1. The monoisotopic (exact) mass is 316 g/mol. The topological polar surface area (TPSA) is 70.6 Å². The molecule has 0 unspecified atom stereocenters. The summed E-state index contributed by atoms with van der Waals surface area (Å²) in [6.45, 7) is 1.88. The standard InChI is InChI=1S/C16H16N2O3S/c1-10-6-7-11(15(19)20)8-14(10)18-16(22)17-12-4-3-5-13(9-12)21-2/h3-9H,1-2H3,(H,19,20)(H2,17,18,22). The van der Waals surface area contributed by atoms with Crippen LogP contribution in [-0.4, -0.2) is 23.3 Å². The Bertz CT molecular complexity index is 716. The van der Waals surface area contributed by atoms with Gasteiger partial charge in [-0.25, -0.2) is 4.79 Å². The highest BCUT2D eigenvalue weighted by molar-refractivity contribution is 7.80. The quantitative estimate of drug-likeness (QED) is 0.750. The summed E-state index contributed by atoms with van der Waals surface area (Å²) in [5.74, 6) is -0.258. The van der Waals surface area contributed by atoms with Crippen molar-refractivity contribution in [1.82, 2.24) is 0 Å². The van der Waals surface area contributed by atoms with Gasteiger partial charge in [-0.3, -0.25) is 0 Å². The van der Waals surface area contributed by atoms with Gasteiger partial charge in [0.05, 0.1) is 12.7 Å². The van der Waals surface area contributed by atoms with Gasteiger partial charge in [0.2, 0.25) is 0 Å². The van der Waals surface area contributed by atoms with Crippen LogP contribution in [0.3, 0.4) is 0 Å². The van der Waals surface area contributed by atoms with Crippen molar-refractivity contribution < 1.29 is 14.6 Å². The maximum absolute atomic E-state index is 11.0. The van der Waals surface area contributed by atoms with Crippen LogP contribution in [0.25, 0.3) is 0 Å². The first-order chi connectivity index (χ1) is 10.5. The van der Waals surface area contributed by atoms with Crippen molar-refractivity contribution in [2.24, 2.45) is 0 Å². The lowest BCUT2D eigenvalue weighted by Gasteiger charge is -2.13. The first-order valence-corrected chi connectivity index (χ1v) is 6.96. The zero-order valence-corrected chi connectivity index (χ0v) is 13.0. The average Bonchev–Trinajstić information content (AvgIpc) is 2.49. The van der Waals surface area contributed by atoms with E-state index in [-0.39, 0.29) is 5.56 Å². The number of thiocarbonyl (C=S) groups is 1. The highest BCUT2D eigenvalue weighted by atomic mass is 32.1. The molecular formula is C16H16N2O3S. The van der Waals surface area contributed by atoms with E-state index in [1.54, 1.807) is 25.3 Å². The van der Waals surface area contributed by atoms with Crippen molar-refractivity contribution in [3.8, 4) is 5.75 Å². The van der Waals surface area contributed by atoms with Crippen molar-refractivity contribution in [1.29, 1.82) is 0 Å². The first kappa shape index (κ1) is 15.8. The summed E-state index contributed by atoms with van der Waals surface area (Å²) in [6.07, 6.45) is 0. The fourth-order valence-electron chi connectivity index (χ4n) is 1.88. The molecular weight excluding hydrogens is 300 g/mol. The molecule has 0 amide bonds. The van der Waals surface area contributed by atoms with E-state index in [1.807, 2.05) is 31.2 Å². The minimum atomic E-state index is -0.977. The van der Waals surface area contributed by atoms with Crippen LogP contribution in [0.4, 0.5) is 11.4 Å². The summed E-state index contributed by atoms with van der Waals surface area (Å²) < 4.78 is 5.15. The maximum Gasteiger partial charge on any atom is 0.335 e. The second-order valence-electron chi connectivity index (χ2n) is 4.65. The van der Waals surface area contributed by atoms with Crippen LogP contribution in [0, 0.1) is 6.92 Å². The highest BCUT2D eigenvalue weighted by Crippen LogP contribution is 2.19. The van der Waals surface area contributed by atoms with E-state index in [4.69, 9.17) is 22.1 Å². The molecule has 0 aliphatic carbocycles. The van der Waals surface area contributed by atoms with Crippen molar-refractivity contribution in [2.45, 2.75) is 6.92 Å². The van der Waals surface area contributed by atoms with E-state index < -0.39 is 5.97 Å². The number of carboxylic acids is 1. The molecule has 0 radical (unpaired) electrons. The normalized spacial score (nSPS) is 9.91. The molecule has 0 aromatic heterocycles. The molecule has 0 fully saturated rings. The van der Waals surface area contributed by atoms with Crippen molar-refractivity contribution in [3.05, 3.63) is 53.6 Å². The number of anilines is 2. The van der Waals surface area contributed by atoms with Gasteiger partial charge < -0.3 is 20.5 Å². The zero-order chi connectivity index (χ0) is 16.1. The second-order valence-corrected chi connectivity index (χ2v) is 5.05. The molecule has 0 aliphatic rings. The highest BCUT2D eigenvalue weighted by Gasteiger charge is 2.07. The smallest absolute Gasteiger partial charge is 0.335 e. The second kappa shape index (κ2) is 6.91. The van der Waals surface area contributed by atoms with Crippen LogP contribution >= 0.6 is 12.2 Å². The maximum atomic E-state index is 11.0. The number of hydrogen-bond donors (Lipinski definition) is 3. The summed E-state index contributed by atoms with van der Waals surface area (Å²) in [5, 5.41) is 15.5. The summed E-state index contributed by atoms with van der Waals surface area (Å²) in [5.41, 5.74) is 2.54. The van der Waals surface area contributed by atoms with E-state index in [2.05, 4.69) is 10.6 Å². The number of methoxy groups -OCH3 is 1. The third-order valence-electron chi connectivity index (χ3n) is 3.06. The van der Waals surface area contributed by atoms with Gasteiger partial charge in [-0.05, 0) is 49.0 Å². The zero-order valence-electron chi connectivity index (χ0n) is 12.2. The number of aryl methyl sites for hydroxylation is 1. The third kappa shape index (κ3) is 3.95. The van der Waals surface area contributed by atoms with Crippen LogP contribution in [0.1, 0.15) is 15.9 Å². The van der Waals surface area contributed by atoms with Gasteiger partial charge >= 0.3 is 5.97 Å². The van der Waals surface area contributed by atoms with E-state index in [0.29, 0.717) is 10.8 Å². The molecule has 2 aromatic carbocycles. The summed E-state index contributed by atoms with van der Waals surface area (Å²) in [4.78, 5) is 11.0. The van der Waals surface area contributed by atoms with E-state index in [9.17, 15) is 4.79 Å². The van der Waals surface area contributed by atoms with Crippen LogP contribution in [-0.2, 0) is 0 Å². The van der Waals surface area contributed by atoms with Gasteiger partial charge in [0.15, 0.2) is 5.11 Å².